The quantitative estimate of drug-likeness (QED) is 0.149. The zero-order chi connectivity index (χ0) is 39.9. The summed E-state index contributed by atoms with van der Waals surface area (Å²) in [5, 5.41) is 2.49. The molecular weight excluding hydrogens is 723 g/mol. The van der Waals surface area contributed by atoms with Gasteiger partial charge in [-0.2, -0.15) is 0 Å². The fraction of sp³-hybridized carbons (Fsp3) is 0.0169. The van der Waals surface area contributed by atoms with Crippen LogP contribution in [0.4, 0.5) is 17.1 Å². The SMILES string of the molecule is c1ccc(-c2ccc(N(c3ccc(-c4ccccc4-c4ccccc4)cc3)c3ccc4c(c3)C(c3ccccc3)(c3ccccc3)c3cc5ccccc5cc3-4)cc2)cc1. The molecule has 0 spiro atoms. The van der Waals surface area contributed by atoms with Crippen LogP contribution in [0.5, 0.6) is 0 Å². The van der Waals surface area contributed by atoms with E-state index in [2.05, 4.69) is 254 Å². The summed E-state index contributed by atoms with van der Waals surface area (Å²) in [5.41, 5.74) is 17.6. The molecule has 10 aromatic carbocycles. The Balaban J connectivity index is 1.12. The molecule has 0 atom stereocenters. The van der Waals surface area contributed by atoms with Gasteiger partial charge in [0, 0.05) is 17.1 Å². The first kappa shape index (κ1) is 35.4. The highest BCUT2D eigenvalue weighted by Crippen LogP contribution is 2.58. The Morgan fingerprint density at radius 3 is 1.22 bits per heavy atom. The maximum atomic E-state index is 2.46. The molecule has 0 aliphatic heterocycles. The number of hydrogen-bond donors (Lipinski definition) is 0. The van der Waals surface area contributed by atoms with Gasteiger partial charge in [0.2, 0.25) is 0 Å². The number of nitrogens with zero attached hydrogens (tertiary/aromatic N) is 1. The molecule has 0 N–H and O–H groups in total. The maximum Gasteiger partial charge on any atom is 0.0714 e. The van der Waals surface area contributed by atoms with Crippen LogP contribution in [0.15, 0.2) is 249 Å². The molecule has 1 nitrogen and oxygen atoms in total. The van der Waals surface area contributed by atoms with Crippen LogP contribution in [-0.2, 0) is 5.41 Å². The second kappa shape index (κ2) is 14.9. The molecule has 0 fully saturated rings. The predicted octanol–water partition coefficient (Wildman–Crippen LogP) is 15.7. The number of fused-ring (bicyclic) bond motifs is 4. The monoisotopic (exact) mass is 763 g/mol. The van der Waals surface area contributed by atoms with Crippen molar-refractivity contribution in [1.82, 2.24) is 0 Å². The smallest absolute Gasteiger partial charge is 0.0714 e. The van der Waals surface area contributed by atoms with Crippen LogP contribution in [0.2, 0.25) is 0 Å². The van der Waals surface area contributed by atoms with Gasteiger partial charge in [0.15, 0.2) is 0 Å². The third kappa shape index (κ3) is 5.94. The molecule has 0 amide bonds. The van der Waals surface area contributed by atoms with Crippen molar-refractivity contribution in [3.8, 4) is 44.5 Å². The molecule has 10 aromatic rings. The summed E-state index contributed by atoms with van der Waals surface area (Å²) in [6.45, 7) is 0. The van der Waals surface area contributed by atoms with E-state index in [1.165, 1.54) is 77.5 Å². The molecule has 0 heterocycles. The average molecular weight is 764 g/mol. The molecule has 0 radical (unpaired) electrons. The molecule has 0 unspecified atom stereocenters. The highest BCUT2D eigenvalue weighted by atomic mass is 15.1. The van der Waals surface area contributed by atoms with Crippen LogP contribution in [0, 0.1) is 0 Å². The molecule has 60 heavy (non-hydrogen) atoms. The number of benzene rings is 10. The minimum Gasteiger partial charge on any atom is -0.310 e. The zero-order valence-electron chi connectivity index (χ0n) is 33.1. The third-order valence-corrected chi connectivity index (χ3v) is 12.3. The summed E-state index contributed by atoms with van der Waals surface area (Å²) in [4.78, 5) is 2.42. The normalized spacial score (nSPS) is 12.5. The lowest BCUT2D eigenvalue weighted by molar-refractivity contribution is 0.769. The fourth-order valence-corrected chi connectivity index (χ4v) is 9.58. The minimum absolute atomic E-state index is 0.541. The van der Waals surface area contributed by atoms with Crippen LogP contribution in [0.3, 0.4) is 0 Å². The Bertz CT molecular complexity index is 3060. The first-order valence-corrected chi connectivity index (χ1v) is 20.8. The second-order valence-electron chi connectivity index (χ2n) is 15.7. The van der Waals surface area contributed by atoms with Crippen molar-refractivity contribution in [2.24, 2.45) is 0 Å². The van der Waals surface area contributed by atoms with E-state index in [4.69, 9.17) is 0 Å². The first-order valence-electron chi connectivity index (χ1n) is 20.8. The van der Waals surface area contributed by atoms with Crippen molar-refractivity contribution >= 4 is 27.8 Å². The van der Waals surface area contributed by atoms with E-state index in [9.17, 15) is 0 Å². The van der Waals surface area contributed by atoms with Crippen molar-refractivity contribution < 1.29 is 0 Å². The van der Waals surface area contributed by atoms with Gasteiger partial charge >= 0.3 is 0 Å². The lowest BCUT2D eigenvalue weighted by Crippen LogP contribution is -2.28. The molecule has 1 heteroatoms. The van der Waals surface area contributed by atoms with Crippen molar-refractivity contribution in [2.45, 2.75) is 5.41 Å². The largest absolute Gasteiger partial charge is 0.310 e. The first-order chi connectivity index (χ1) is 29.8. The van der Waals surface area contributed by atoms with Crippen LogP contribution >= 0.6 is 0 Å². The van der Waals surface area contributed by atoms with Gasteiger partial charge in [-0.05, 0) is 126 Å². The van der Waals surface area contributed by atoms with Crippen molar-refractivity contribution in [3.63, 3.8) is 0 Å². The van der Waals surface area contributed by atoms with Gasteiger partial charge < -0.3 is 4.90 Å². The van der Waals surface area contributed by atoms with Crippen LogP contribution in [0.1, 0.15) is 22.3 Å². The van der Waals surface area contributed by atoms with Crippen molar-refractivity contribution in [3.05, 3.63) is 271 Å². The van der Waals surface area contributed by atoms with Gasteiger partial charge in [0.05, 0.1) is 5.41 Å². The van der Waals surface area contributed by atoms with E-state index in [1.54, 1.807) is 0 Å². The van der Waals surface area contributed by atoms with Gasteiger partial charge in [-0.3, -0.25) is 0 Å². The number of rotatable bonds is 8. The van der Waals surface area contributed by atoms with E-state index in [0.29, 0.717) is 0 Å². The van der Waals surface area contributed by atoms with E-state index < -0.39 is 5.41 Å². The Kier molecular flexibility index (Phi) is 8.79. The molecule has 0 saturated heterocycles. The van der Waals surface area contributed by atoms with Gasteiger partial charge in [0.1, 0.15) is 0 Å². The van der Waals surface area contributed by atoms with E-state index in [-0.39, 0.29) is 0 Å². The summed E-state index contributed by atoms with van der Waals surface area (Å²) in [6, 6.07) is 91.0. The van der Waals surface area contributed by atoms with Gasteiger partial charge in [-0.25, -0.2) is 0 Å². The lowest BCUT2D eigenvalue weighted by Gasteiger charge is -2.35. The topological polar surface area (TPSA) is 3.24 Å². The maximum absolute atomic E-state index is 2.46. The van der Waals surface area contributed by atoms with Gasteiger partial charge in [-0.15, -0.1) is 0 Å². The van der Waals surface area contributed by atoms with E-state index >= 15 is 0 Å². The van der Waals surface area contributed by atoms with Gasteiger partial charge in [-0.1, -0.05) is 200 Å². The van der Waals surface area contributed by atoms with E-state index in [1.807, 2.05) is 0 Å². The summed E-state index contributed by atoms with van der Waals surface area (Å²) in [6.07, 6.45) is 0. The summed E-state index contributed by atoms with van der Waals surface area (Å²) in [5.74, 6) is 0. The highest BCUT2D eigenvalue weighted by Gasteiger charge is 2.46. The predicted molar refractivity (Wildman–Crippen MR) is 252 cm³/mol. The van der Waals surface area contributed by atoms with Gasteiger partial charge in [0.25, 0.3) is 0 Å². The average Bonchev–Trinajstić information content (AvgIpc) is 3.61. The second-order valence-corrected chi connectivity index (χ2v) is 15.7. The summed E-state index contributed by atoms with van der Waals surface area (Å²) in [7, 11) is 0. The number of hydrogen-bond acceptors (Lipinski definition) is 1. The van der Waals surface area contributed by atoms with Crippen LogP contribution in [0.25, 0.3) is 55.3 Å². The van der Waals surface area contributed by atoms with E-state index in [0.717, 1.165) is 17.1 Å². The molecule has 282 valence electrons. The molecule has 0 aromatic heterocycles. The molecule has 11 rings (SSSR count). The van der Waals surface area contributed by atoms with Crippen molar-refractivity contribution in [2.75, 3.05) is 4.90 Å². The highest BCUT2D eigenvalue weighted by molar-refractivity contribution is 5.97. The minimum atomic E-state index is -0.541. The van der Waals surface area contributed by atoms with Crippen LogP contribution < -0.4 is 4.90 Å². The fourth-order valence-electron chi connectivity index (χ4n) is 9.58. The zero-order valence-corrected chi connectivity index (χ0v) is 33.1. The van der Waals surface area contributed by atoms with Crippen molar-refractivity contribution in [1.29, 1.82) is 0 Å². The Morgan fingerprint density at radius 2 is 0.650 bits per heavy atom. The molecule has 0 saturated carbocycles. The molecule has 0 bridgehead atoms. The Hall–Kier alpha value is -7.74. The standard InChI is InChI=1S/C59H41N/c1-5-17-42(18-6-1)43-29-33-50(34-30-43)60(51-35-31-45(32-36-51)54-28-16-15-27-53(54)44-19-7-2-8-20-44)52-37-38-55-56-39-46-21-13-14-22-47(46)40-57(56)59(58(55)41-52,48-23-9-3-10-24-48)49-25-11-4-12-26-49/h1-41H. The third-order valence-electron chi connectivity index (χ3n) is 12.3. The number of anilines is 3. The molecule has 1 aliphatic carbocycles. The Labute approximate surface area is 352 Å². The molecule has 1 aliphatic rings. The summed E-state index contributed by atoms with van der Waals surface area (Å²) < 4.78 is 0. The lowest BCUT2D eigenvalue weighted by atomic mass is 9.67. The van der Waals surface area contributed by atoms with Crippen LogP contribution in [-0.4, -0.2) is 0 Å². The molecular formula is C59H41N. The summed E-state index contributed by atoms with van der Waals surface area (Å²) >= 11 is 0. The Morgan fingerprint density at radius 1 is 0.250 bits per heavy atom.